The molecule has 1 aromatic carbocycles. The number of nitrogens with zero attached hydrogens (tertiary/aromatic N) is 1. The minimum atomic E-state index is -5.85. The Morgan fingerprint density at radius 2 is 1.46 bits per heavy atom. The van der Waals surface area contributed by atoms with Crippen LogP contribution in [0.1, 0.15) is 18.4 Å². The number of alkyl halides is 6. The van der Waals surface area contributed by atoms with Crippen molar-refractivity contribution in [2.75, 3.05) is 13.1 Å². The first kappa shape index (κ1) is 19.0. The van der Waals surface area contributed by atoms with Crippen molar-refractivity contribution in [3.63, 3.8) is 0 Å². The Bertz CT molecular complexity index is 694. The zero-order valence-electron chi connectivity index (χ0n) is 12.2. The molecular formula is C13H14F6N2O2S. The molecule has 136 valence electrons. The van der Waals surface area contributed by atoms with Crippen molar-refractivity contribution in [3.05, 3.63) is 29.8 Å². The van der Waals surface area contributed by atoms with Crippen LogP contribution < -0.4 is 5.73 Å². The Labute approximate surface area is 134 Å². The van der Waals surface area contributed by atoms with Gasteiger partial charge < -0.3 is 5.73 Å². The van der Waals surface area contributed by atoms with Crippen molar-refractivity contribution in [2.24, 2.45) is 5.73 Å². The van der Waals surface area contributed by atoms with Crippen molar-refractivity contribution in [1.82, 2.24) is 4.31 Å². The molecule has 0 aromatic heterocycles. The second-order valence-electron chi connectivity index (χ2n) is 5.44. The van der Waals surface area contributed by atoms with E-state index in [1.54, 1.807) is 0 Å². The van der Waals surface area contributed by atoms with Gasteiger partial charge in [0.2, 0.25) is 15.6 Å². The highest BCUT2D eigenvalue weighted by molar-refractivity contribution is 7.89. The molecule has 0 aliphatic carbocycles. The lowest BCUT2D eigenvalue weighted by atomic mass is 9.89. The van der Waals surface area contributed by atoms with Crippen molar-refractivity contribution >= 4 is 10.0 Å². The van der Waals surface area contributed by atoms with Gasteiger partial charge in [-0.2, -0.15) is 30.6 Å². The van der Waals surface area contributed by atoms with Gasteiger partial charge in [0.15, 0.2) is 0 Å². The van der Waals surface area contributed by atoms with Gasteiger partial charge in [-0.1, -0.05) is 12.1 Å². The van der Waals surface area contributed by atoms with Crippen LogP contribution in [0.15, 0.2) is 29.2 Å². The molecule has 1 aliphatic heterocycles. The fourth-order valence-electron chi connectivity index (χ4n) is 2.47. The summed E-state index contributed by atoms with van der Waals surface area (Å²) >= 11 is 0. The van der Waals surface area contributed by atoms with Crippen LogP contribution >= 0.6 is 0 Å². The molecule has 1 aliphatic rings. The normalized spacial score (nSPS) is 18.1. The van der Waals surface area contributed by atoms with Gasteiger partial charge >= 0.3 is 12.4 Å². The van der Waals surface area contributed by atoms with E-state index in [1.165, 1.54) is 0 Å². The number of rotatable bonds is 3. The third-order valence-electron chi connectivity index (χ3n) is 3.89. The van der Waals surface area contributed by atoms with E-state index >= 15 is 0 Å². The molecule has 11 heteroatoms. The van der Waals surface area contributed by atoms with Crippen LogP contribution in [-0.4, -0.2) is 38.2 Å². The molecule has 1 heterocycles. The van der Waals surface area contributed by atoms with Crippen LogP contribution in [0.2, 0.25) is 0 Å². The smallest absolute Gasteiger partial charge is 0.306 e. The molecule has 0 spiro atoms. The standard InChI is InChI=1S/C13H14F6N2O2S/c14-12(15,16)11(20,13(17,18)19)9-4-3-5-10(8-9)24(22,23)21-6-1-2-7-21/h3-5,8H,1-2,6-7,20H2. The summed E-state index contributed by atoms with van der Waals surface area (Å²) in [5.74, 6) is 0. The van der Waals surface area contributed by atoms with Crippen LogP contribution in [0.3, 0.4) is 0 Å². The van der Waals surface area contributed by atoms with E-state index in [0.717, 1.165) is 16.4 Å². The molecule has 0 unspecified atom stereocenters. The maximum Gasteiger partial charge on any atom is 0.419 e. The Hall–Kier alpha value is -1.33. The molecule has 0 atom stereocenters. The number of hydrogen-bond donors (Lipinski definition) is 1. The van der Waals surface area contributed by atoms with Gasteiger partial charge in [0, 0.05) is 13.1 Å². The topological polar surface area (TPSA) is 63.4 Å². The number of hydrogen-bond acceptors (Lipinski definition) is 3. The number of sulfonamides is 1. The molecule has 24 heavy (non-hydrogen) atoms. The summed E-state index contributed by atoms with van der Waals surface area (Å²) in [6.45, 7) is 0.331. The minimum absolute atomic E-state index is 0.166. The van der Waals surface area contributed by atoms with Crippen LogP contribution in [0.5, 0.6) is 0 Å². The van der Waals surface area contributed by atoms with E-state index in [4.69, 9.17) is 0 Å². The van der Waals surface area contributed by atoms with Gasteiger partial charge in [0.25, 0.3) is 0 Å². The average molecular weight is 376 g/mol. The molecule has 0 bridgehead atoms. The fraction of sp³-hybridized carbons (Fsp3) is 0.538. The molecule has 2 N–H and O–H groups in total. The molecule has 1 aromatic rings. The van der Waals surface area contributed by atoms with Gasteiger partial charge in [-0.15, -0.1) is 0 Å². The first-order chi connectivity index (χ1) is 10.8. The summed E-state index contributed by atoms with van der Waals surface area (Å²) < 4.78 is 104. The first-order valence-electron chi connectivity index (χ1n) is 6.85. The molecule has 0 amide bonds. The molecule has 1 fully saturated rings. The summed E-state index contributed by atoms with van der Waals surface area (Å²) in [5, 5.41) is 0. The third-order valence-corrected chi connectivity index (χ3v) is 5.78. The van der Waals surface area contributed by atoms with Crippen molar-refractivity contribution < 1.29 is 34.8 Å². The average Bonchev–Trinajstić information content (AvgIpc) is 2.99. The van der Waals surface area contributed by atoms with Gasteiger partial charge in [-0.25, -0.2) is 8.42 Å². The Morgan fingerprint density at radius 3 is 1.92 bits per heavy atom. The van der Waals surface area contributed by atoms with Crippen LogP contribution in [0, 0.1) is 0 Å². The van der Waals surface area contributed by atoms with Gasteiger partial charge in [0.05, 0.1) is 4.90 Å². The monoisotopic (exact) mass is 376 g/mol. The lowest BCUT2D eigenvalue weighted by molar-refractivity contribution is -0.301. The summed E-state index contributed by atoms with van der Waals surface area (Å²) in [6.07, 6.45) is -10.5. The van der Waals surface area contributed by atoms with Crippen LogP contribution in [-0.2, 0) is 15.6 Å². The molecule has 4 nitrogen and oxygen atoms in total. The highest BCUT2D eigenvalue weighted by atomic mass is 32.2. The van der Waals surface area contributed by atoms with Crippen molar-refractivity contribution in [2.45, 2.75) is 35.6 Å². The Balaban J connectivity index is 2.57. The molecule has 1 saturated heterocycles. The predicted octanol–water partition coefficient (Wildman–Crippen LogP) is 2.75. The predicted molar refractivity (Wildman–Crippen MR) is 72.4 cm³/mol. The fourth-order valence-corrected chi connectivity index (χ4v) is 4.03. The highest BCUT2D eigenvalue weighted by Crippen LogP contribution is 2.48. The number of halogens is 6. The summed E-state index contributed by atoms with van der Waals surface area (Å²) in [4.78, 5) is -0.648. The molecule has 0 saturated carbocycles. The zero-order chi connectivity index (χ0) is 18.4. The number of nitrogens with two attached hydrogens (primary N) is 1. The first-order valence-corrected chi connectivity index (χ1v) is 8.29. The molecule has 2 rings (SSSR count). The van der Waals surface area contributed by atoms with Gasteiger partial charge in [-0.3, -0.25) is 0 Å². The van der Waals surface area contributed by atoms with Crippen LogP contribution in [0.25, 0.3) is 0 Å². The van der Waals surface area contributed by atoms with E-state index in [2.05, 4.69) is 5.73 Å². The van der Waals surface area contributed by atoms with Crippen LogP contribution in [0.4, 0.5) is 26.3 Å². The minimum Gasteiger partial charge on any atom is -0.306 e. The second-order valence-corrected chi connectivity index (χ2v) is 7.38. The third kappa shape index (κ3) is 3.00. The van der Waals surface area contributed by atoms with Gasteiger partial charge in [-0.05, 0) is 30.5 Å². The Kier molecular flexibility index (Phi) is 4.66. The second kappa shape index (κ2) is 5.88. The van der Waals surface area contributed by atoms with E-state index < -0.39 is 38.4 Å². The lowest BCUT2D eigenvalue weighted by Gasteiger charge is -2.34. The molecule has 0 radical (unpaired) electrons. The van der Waals surface area contributed by atoms with E-state index in [-0.39, 0.29) is 13.1 Å². The van der Waals surface area contributed by atoms with Crippen molar-refractivity contribution in [3.8, 4) is 0 Å². The zero-order valence-corrected chi connectivity index (χ0v) is 13.0. The molecular weight excluding hydrogens is 362 g/mol. The summed E-state index contributed by atoms with van der Waals surface area (Å²) in [7, 11) is -4.17. The van der Waals surface area contributed by atoms with E-state index in [0.29, 0.717) is 25.0 Å². The quantitative estimate of drug-likeness (QED) is 0.826. The maximum atomic E-state index is 13.0. The largest absolute Gasteiger partial charge is 0.419 e. The number of benzene rings is 1. The Morgan fingerprint density at radius 1 is 0.958 bits per heavy atom. The summed E-state index contributed by atoms with van der Waals surface area (Å²) in [6, 6.07) is 2.63. The highest BCUT2D eigenvalue weighted by Gasteiger charge is 2.69. The maximum absolute atomic E-state index is 13.0. The van der Waals surface area contributed by atoms with E-state index in [9.17, 15) is 34.8 Å². The SMILES string of the molecule is NC(c1cccc(S(=O)(=O)N2CCCC2)c1)(C(F)(F)F)C(F)(F)F. The van der Waals surface area contributed by atoms with Gasteiger partial charge in [0.1, 0.15) is 0 Å². The van der Waals surface area contributed by atoms with E-state index in [1.807, 2.05) is 0 Å². The van der Waals surface area contributed by atoms with Crippen molar-refractivity contribution in [1.29, 1.82) is 0 Å². The summed E-state index contributed by atoms with van der Waals surface area (Å²) in [5.41, 5.74) is -1.35. The lowest BCUT2D eigenvalue weighted by Crippen LogP contribution is -2.60.